The summed E-state index contributed by atoms with van der Waals surface area (Å²) in [4.78, 5) is 10.9. The van der Waals surface area contributed by atoms with Gasteiger partial charge in [0.2, 0.25) is 0 Å². The van der Waals surface area contributed by atoms with Gasteiger partial charge in [0.1, 0.15) is 23.9 Å². The van der Waals surface area contributed by atoms with E-state index in [2.05, 4.69) is 43.2 Å². The Kier molecular flexibility index (Phi) is 5.56. The second-order valence-electron chi connectivity index (χ2n) is 8.19. The van der Waals surface area contributed by atoms with Gasteiger partial charge in [0.25, 0.3) is 0 Å². The number of fused-ring (bicyclic) bond motifs is 1. The van der Waals surface area contributed by atoms with Crippen LogP contribution in [0.15, 0.2) is 24.8 Å². The van der Waals surface area contributed by atoms with E-state index < -0.39 is 0 Å². The van der Waals surface area contributed by atoms with E-state index >= 15 is 0 Å². The summed E-state index contributed by atoms with van der Waals surface area (Å²) in [5.74, 6) is 1.58. The van der Waals surface area contributed by atoms with E-state index in [1.807, 2.05) is 10.9 Å². The molecule has 1 fully saturated rings. The first kappa shape index (κ1) is 20.0. The Morgan fingerprint density at radius 1 is 1.19 bits per heavy atom. The number of aromatic nitrogens is 6. The zero-order valence-electron chi connectivity index (χ0n) is 18.0. The Morgan fingerprint density at radius 2 is 2.00 bits per heavy atom. The number of methoxy groups -OCH3 is 1. The van der Waals surface area contributed by atoms with Crippen LogP contribution < -0.4 is 10.1 Å². The molecule has 0 atom stereocenters. The molecule has 0 saturated carbocycles. The van der Waals surface area contributed by atoms with E-state index in [1.165, 1.54) is 12.8 Å². The van der Waals surface area contributed by atoms with Gasteiger partial charge in [-0.25, -0.2) is 14.6 Å². The van der Waals surface area contributed by atoms with Crippen molar-refractivity contribution in [3.63, 3.8) is 0 Å². The van der Waals surface area contributed by atoms with Gasteiger partial charge in [0.15, 0.2) is 0 Å². The predicted molar refractivity (Wildman–Crippen MR) is 115 cm³/mol. The fourth-order valence-corrected chi connectivity index (χ4v) is 4.27. The van der Waals surface area contributed by atoms with Gasteiger partial charge in [0.05, 0.1) is 32.3 Å². The lowest BCUT2D eigenvalue weighted by atomic mass is 9.97. The predicted octanol–water partition coefficient (Wildman–Crippen LogP) is 1.82. The number of piperidine rings is 1. The summed E-state index contributed by atoms with van der Waals surface area (Å²) in [6.07, 6.45) is 10.6. The monoisotopic (exact) mass is 424 g/mol. The third-order valence-electron chi connectivity index (χ3n) is 6.05. The van der Waals surface area contributed by atoms with Gasteiger partial charge in [-0.3, -0.25) is 4.68 Å². The number of nitrogens with zero attached hydrogens (tertiary/aromatic N) is 7. The molecule has 0 aromatic carbocycles. The topological polar surface area (TPSA) is 95.2 Å². The molecule has 2 aliphatic heterocycles. The number of nitrogens with one attached hydrogen (secondary N) is 1. The van der Waals surface area contributed by atoms with E-state index in [0.717, 1.165) is 54.4 Å². The molecule has 0 amide bonds. The van der Waals surface area contributed by atoms with Crippen LogP contribution in [-0.2, 0) is 17.7 Å². The van der Waals surface area contributed by atoms with Crippen LogP contribution in [0.4, 0.5) is 5.82 Å². The molecule has 0 spiro atoms. The number of ether oxygens (including phenoxy) is 2. The average Bonchev–Trinajstić information content (AvgIpc) is 3.32. The highest BCUT2D eigenvalue weighted by Gasteiger charge is 2.24. The first-order valence-electron chi connectivity index (χ1n) is 10.7. The third-order valence-corrected chi connectivity index (χ3v) is 6.05. The maximum atomic E-state index is 5.64. The van der Waals surface area contributed by atoms with Crippen LogP contribution in [-0.4, -0.2) is 75.0 Å². The fraction of sp³-hybridized carbons (Fsp3) is 0.524. The maximum absolute atomic E-state index is 5.64. The second-order valence-corrected chi connectivity index (χ2v) is 8.19. The van der Waals surface area contributed by atoms with Gasteiger partial charge in [-0.05, 0) is 38.9 Å². The number of anilines is 1. The summed E-state index contributed by atoms with van der Waals surface area (Å²) >= 11 is 0. The highest BCUT2D eigenvalue weighted by Crippen LogP contribution is 2.32. The van der Waals surface area contributed by atoms with Gasteiger partial charge in [-0.2, -0.15) is 10.2 Å². The number of likely N-dealkylation sites (tertiary alicyclic amines) is 1. The zero-order chi connectivity index (χ0) is 21.2. The molecular weight excluding hydrogens is 396 g/mol. The maximum Gasteiger partial charge on any atom is 0.316 e. The van der Waals surface area contributed by atoms with Crippen LogP contribution in [0.25, 0.3) is 16.9 Å². The summed E-state index contributed by atoms with van der Waals surface area (Å²) in [6.45, 7) is 4.34. The van der Waals surface area contributed by atoms with Gasteiger partial charge >= 0.3 is 6.01 Å². The lowest BCUT2D eigenvalue weighted by Gasteiger charge is -2.28. The minimum absolute atomic E-state index is 0.327. The molecule has 0 aliphatic carbocycles. The third kappa shape index (κ3) is 4.13. The average molecular weight is 425 g/mol. The van der Waals surface area contributed by atoms with Crippen molar-refractivity contribution in [3.05, 3.63) is 30.4 Å². The zero-order valence-corrected chi connectivity index (χ0v) is 18.0. The second kappa shape index (κ2) is 8.64. The Balaban J connectivity index is 1.45. The Bertz CT molecular complexity index is 1020. The molecule has 1 N–H and O–H groups in total. The van der Waals surface area contributed by atoms with Crippen molar-refractivity contribution in [1.29, 1.82) is 0 Å². The van der Waals surface area contributed by atoms with Crippen LogP contribution in [0, 0.1) is 5.92 Å². The molecule has 5 heterocycles. The number of hydrogen-bond donors (Lipinski definition) is 1. The minimum Gasteiger partial charge on any atom is -0.467 e. The lowest BCUT2D eigenvalue weighted by Crippen LogP contribution is -2.31. The number of hydrogen-bond acceptors (Lipinski definition) is 8. The van der Waals surface area contributed by atoms with Crippen LogP contribution in [0.1, 0.15) is 18.4 Å². The smallest absolute Gasteiger partial charge is 0.316 e. The molecule has 3 aromatic heterocycles. The SMILES string of the molecule is COc1ncc(-n2nc(-c3cnn(CC4CCN(C)CC4)c3)c3c2NCOCC3)cn1. The molecule has 164 valence electrons. The van der Waals surface area contributed by atoms with Gasteiger partial charge < -0.3 is 19.7 Å². The van der Waals surface area contributed by atoms with E-state index in [4.69, 9.17) is 14.6 Å². The van der Waals surface area contributed by atoms with Crippen LogP contribution in [0.5, 0.6) is 6.01 Å². The van der Waals surface area contributed by atoms with Gasteiger partial charge in [0, 0.05) is 30.3 Å². The largest absolute Gasteiger partial charge is 0.467 e. The van der Waals surface area contributed by atoms with E-state index in [-0.39, 0.29) is 0 Å². The molecule has 0 radical (unpaired) electrons. The van der Waals surface area contributed by atoms with Crippen molar-refractivity contribution in [2.45, 2.75) is 25.8 Å². The normalized spacial score (nSPS) is 17.7. The molecule has 10 nitrogen and oxygen atoms in total. The van der Waals surface area contributed by atoms with Gasteiger partial charge in [-0.15, -0.1) is 0 Å². The van der Waals surface area contributed by atoms with Crippen LogP contribution in [0.2, 0.25) is 0 Å². The molecule has 1 saturated heterocycles. The molecular formula is C21H28N8O2. The van der Waals surface area contributed by atoms with Crippen LogP contribution in [0.3, 0.4) is 0 Å². The van der Waals surface area contributed by atoms with E-state index in [1.54, 1.807) is 19.5 Å². The van der Waals surface area contributed by atoms with E-state index in [0.29, 0.717) is 25.3 Å². The summed E-state index contributed by atoms with van der Waals surface area (Å²) in [7, 11) is 3.74. The molecule has 0 bridgehead atoms. The summed E-state index contributed by atoms with van der Waals surface area (Å²) in [6, 6.07) is 0.327. The van der Waals surface area contributed by atoms with Crippen molar-refractivity contribution in [2.75, 3.05) is 45.9 Å². The Morgan fingerprint density at radius 3 is 2.77 bits per heavy atom. The van der Waals surface area contributed by atoms with Crippen molar-refractivity contribution >= 4 is 5.82 Å². The van der Waals surface area contributed by atoms with Crippen molar-refractivity contribution < 1.29 is 9.47 Å². The first-order valence-corrected chi connectivity index (χ1v) is 10.7. The molecule has 3 aromatic rings. The van der Waals surface area contributed by atoms with Crippen LogP contribution >= 0.6 is 0 Å². The molecule has 2 aliphatic rings. The fourth-order valence-electron chi connectivity index (χ4n) is 4.27. The van der Waals surface area contributed by atoms with Crippen molar-refractivity contribution in [3.8, 4) is 23.0 Å². The summed E-state index contributed by atoms with van der Waals surface area (Å²) in [5, 5.41) is 12.9. The highest BCUT2D eigenvalue weighted by molar-refractivity contribution is 5.70. The minimum atomic E-state index is 0.327. The summed E-state index contributed by atoms with van der Waals surface area (Å²) in [5.41, 5.74) is 3.81. The van der Waals surface area contributed by atoms with E-state index in [9.17, 15) is 0 Å². The Hall–Kier alpha value is -2.98. The Labute approximate surface area is 181 Å². The molecule has 31 heavy (non-hydrogen) atoms. The van der Waals surface area contributed by atoms with Crippen molar-refractivity contribution in [1.82, 2.24) is 34.4 Å². The standard InChI is InChI=1S/C21H28N8O2/c1-27-6-3-15(4-7-27)12-28-13-16(9-25-28)19-18-5-8-31-14-24-20(18)29(26-19)17-10-22-21(30-2)23-11-17/h9-11,13,15,24H,3-8,12,14H2,1-2H3. The lowest BCUT2D eigenvalue weighted by molar-refractivity contribution is 0.159. The quantitative estimate of drug-likeness (QED) is 0.663. The highest BCUT2D eigenvalue weighted by atomic mass is 16.5. The summed E-state index contributed by atoms with van der Waals surface area (Å²) < 4.78 is 14.6. The molecule has 5 rings (SSSR count). The van der Waals surface area contributed by atoms with Crippen molar-refractivity contribution in [2.24, 2.45) is 5.92 Å². The van der Waals surface area contributed by atoms with Gasteiger partial charge in [-0.1, -0.05) is 0 Å². The first-order chi connectivity index (χ1) is 15.2. The number of rotatable bonds is 5. The molecule has 10 heteroatoms. The molecule has 0 unspecified atom stereocenters.